The van der Waals surface area contributed by atoms with Crippen molar-refractivity contribution in [3.63, 3.8) is 0 Å². The van der Waals surface area contributed by atoms with Crippen LogP contribution >= 0.6 is 15.9 Å². The number of anilines is 1. The fourth-order valence-electron chi connectivity index (χ4n) is 1.95. The standard InChI is InChI=1S/C13H16BrN3O/c1-7(2)12-11(15)13(18)17(16-12)10-5-4-9(14)6-8(10)3/h4-7,16H,15H2,1-3H3. The number of aromatic amines is 1. The van der Waals surface area contributed by atoms with Crippen molar-refractivity contribution in [2.45, 2.75) is 26.7 Å². The molecule has 2 aromatic rings. The smallest absolute Gasteiger partial charge is 0.294 e. The second kappa shape index (κ2) is 4.65. The third-order valence-electron chi connectivity index (χ3n) is 2.93. The molecule has 96 valence electrons. The van der Waals surface area contributed by atoms with Crippen LogP contribution in [0.2, 0.25) is 0 Å². The van der Waals surface area contributed by atoms with Gasteiger partial charge in [-0.25, -0.2) is 4.68 Å². The van der Waals surface area contributed by atoms with E-state index in [1.807, 2.05) is 39.0 Å². The van der Waals surface area contributed by atoms with Crippen molar-refractivity contribution in [2.75, 3.05) is 5.73 Å². The highest BCUT2D eigenvalue weighted by molar-refractivity contribution is 9.10. The molecular formula is C13H16BrN3O. The number of halogens is 1. The number of aryl methyl sites for hydroxylation is 1. The topological polar surface area (TPSA) is 63.8 Å². The average molecular weight is 310 g/mol. The number of hydrogen-bond donors (Lipinski definition) is 2. The molecule has 18 heavy (non-hydrogen) atoms. The molecule has 0 fully saturated rings. The van der Waals surface area contributed by atoms with Gasteiger partial charge < -0.3 is 5.73 Å². The first-order chi connectivity index (χ1) is 8.41. The van der Waals surface area contributed by atoms with Gasteiger partial charge in [-0.3, -0.25) is 9.89 Å². The van der Waals surface area contributed by atoms with Crippen LogP contribution in [0.15, 0.2) is 27.5 Å². The van der Waals surface area contributed by atoms with E-state index in [9.17, 15) is 4.79 Å². The molecule has 0 unspecified atom stereocenters. The predicted octanol–water partition coefficient (Wildman–Crippen LogP) is 2.94. The number of rotatable bonds is 2. The van der Waals surface area contributed by atoms with Crippen LogP contribution in [0, 0.1) is 6.92 Å². The van der Waals surface area contributed by atoms with Crippen LogP contribution in [0.4, 0.5) is 5.69 Å². The van der Waals surface area contributed by atoms with Crippen molar-refractivity contribution in [3.8, 4) is 5.69 Å². The van der Waals surface area contributed by atoms with Gasteiger partial charge in [0.25, 0.3) is 5.56 Å². The molecule has 0 saturated heterocycles. The zero-order chi connectivity index (χ0) is 13.4. The molecule has 0 bridgehead atoms. The molecule has 0 amide bonds. The molecule has 0 atom stereocenters. The summed E-state index contributed by atoms with van der Waals surface area (Å²) in [7, 11) is 0. The number of H-pyrrole nitrogens is 1. The van der Waals surface area contributed by atoms with Crippen LogP contribution in [0.3, 0.4) is 0 Å². The predicted molar refractivity (Wildman–Crippen MR) is 77.3 cm³/mol. The minimum Gasteiger partial charge on any atom is -0.393 e. The Morgan fingerprint density at radius 2 is 2.06 bits per heavy atom. The number of nitrogens with one attached hydrogen (secondary N) is 1. The third kappa shape index (κ3) is 2.10. The van der Waals surface area contributed by atoms with E-state index >= 15 is 0 Å². The first kappa shape index (κ1) is 13.0. The number of benzene rings is 1. The maximum Gasteiger partial charge on any atom is 0.294 e. The summed E-state index contributed by atoms with van der Waals surface area (Å²) in [5, 5.41) is 3.09. The summed E-state index contributed by atoms with van der Waals surface area (Å²) < 4.78 is 2.49. The van der Waals surface area contributed by atoms with Crippen molar-refractivity contribution in [3.05, 3.63) is 44.3 Å². The van der Waals surface area contributed by atoms with Gasteiger partial charge in [0.15, 0.2) is 0 Å². The normalized spacial score (nSPS) is 11.2. The Labute approximate surface area is 114 Å². The summed E-state index contributed by atoms with van der Waals surface area (Å²) in [4.78, 5) is 12.1. The summed E-state index contributed by atoms with van der Waals surface area (Å²) in [6.45, 7) is 5.96. The summed E-state index contributed by atoms with van der Waals surface area (Å²) in [5.74, 6) is 0.190. The molecule has 3 N–H and O–H groups in total. The average Bonchev–Trinajstić information content (AvgIpc) is 2.57. The molecule has 0 aliphatic rings. The molecule has 0 aliphatic heterocycles. The van der Waals surface area contributed by atoms with E-state index in [0.29, 0.717) is 5.69 Å². The largest absolute Gasteiger partial charge is 0.393 e. The summed E-state index contributed by atoms with van der Waals surface area (Å²) in [6.07, 6.45) is 0. The second-order valence-electron chi connectivity index (χ2n) is 4.67. The molecule has 0 spiro atoms. The van der Waals surface area contributed by atoms with Gasteiger partial charge in [0.05, 0.1) is 11.4 Å². The van der Waals surface area contributed by atoms with Gasteiger partial charge >= 0.3 is 0 Å². The monoisotopic (exact) mass is 309 g/mol. The molecule has 1 heterocycles. The summed E-state index contributed by atoms with van der Waals surface area (Å²) >= 11 is 3.41. The fraction of sp³-hybridized carbons (Fsp3) is 0.308. The highest BCUT2D eigenvalue weighted by atomic mass is 79.9. The maximum absolute atomic E-state index is 12.1. The van der Waals surface area contributed by atoms with Crippen molar-refractivity contribution in [1.82, 2.24) is 9.78 Å². The minimum absolute atomic E-state index is 0.190. The number of nitrogens with zero attached hydrogens (tertiary/aromatic N) is 1. The summed E-state index contributed by atoms with van der Waals surface area (Å²) in [5.41, 5.74) is 8.56. The van der Waals surface area contributed by atoms with E-state index < -0.39 is 0 Å². The molecule has 0 aliphatic carbocycles. The quantitative estimate of drug-likeness (QED) is 0.896. The first-order valence-electron chi connectivity index (χ1n) is 5.78. The lowest BCUT2D eigenvalue weighted by Crippen LogP contribution is -2.17. The van der Waals surface area contributed by atoms with Gasteiger partial charge in [-0.15, -0.1) is 0 Å². The molecule has 0 radical (unpaired) electrons. The van der Waals surface area contributed by atoms with Crippen LogP contribution in [0.1, 0.15) is 31.0 Å². The van der Waals surface area contributed by atoms with Crippen molar-refractivity contribution in [2.24, 2.45) is 0 Å². The zero-order valence-corrected chi connectivity index (χ0v) is 12.2. The van der Waals surface area contributed by atoms with Gasteiger partial charge in [-0.05, 0) is 36.6 Å². The molecular weight excluding hydrogens is 294 g/mol. The lowest BCUT2D eigenvalue weighted by atomic mass is 10.1. The Bertz CT molecular complexity index is 640. The van der Waals surface area contributed by atoms with Crippen LogP contribution in [-0.2, 0) is 0 Å². The van der Waals surface area contributed by atoms with Gasteiger partial charge in [0.1, 0.15) is 5.69 Å². The number of nitrogens with two attached hydrogens (primary N) is 1. The van der Waals surface area contributed by atoms with Gasteiger partial charge in [0, 0.05) is 4.47 Å². The lowest BCUT2D eigenvalue weighted by Gasteiger charge is -2.07. The Hall–Kier alpha value is -1.49. The maximum atomic E-state index is 12.1. The van der Waals surface area contributed by atoms with E-state index in [1.165, 1.54) is 4.68 Å². The van der Waals surface area contributed by atoms with E-state index in [0.717, 1.165) is 21.4 Å². The molecule has 4 nitrogen and oxygen atoms in total. The highest BCUT2D eigenvalue weighted by Crippen LogP contribution is 2.21. The molecule has 1 aromatic heterocycles. The van der Waals surface area contributed by atoms with Crippen molar-refractivity contribution in [1.29, 1.82) is 0 Å². The summed E-state index contributed by atoms with van der Waals surface area (Å²) in [6, 6.07) is 5.76. The zero-order valence-electron chi connectivity index (χ0n) is 10.6. The number of nitrogen functional groups attached to an aromatic ring is 1. The van der Waals surface area contributed by atoms with E-state index in [1.54, 1.807) is 0 Å². The van der Waals surface area contributed by atoms with Crippen LogP contribution in [0.25, 0.3) is 5.69 Å². The van der Waals surface area contributed by atoms with Gasteiger partial charge in [0.2, 0.25) is 0 Å². The van der Waals surface area contributed by atoms with E-state index in [-0.39, 0.29) is 11.5 Å². The Balaban J connectivity index is 2.65. The fourth-order valence-corrected chi connectivity index (χ4v) is 2.42. The van der Waals surface area contributed by atoms with Gasteiger partial charge in [-0.1, -0.05) is 29.8 Å². The highest BCUT2D eigenvalue weighted by Gasteiger charge is 2.15. The van der Waals surface area contributed by atoms with Crippen molar-refractivity contribution >= 4 is 21.6 Å². The molecule has 2 rings (SSSR count). The first-order valence-corrected chi connectivity index (χ1v) is 6.58. The number of aromatic nitrogens is 2. The molecule has 5 heteroatoms. The van der Waals surface area contributed by atoms with Crippen LogP contribution < -0.4 is 11.3 Å². The SMILES string of the molecule is Cc1cc(Br)ccc1-n1[nH]c(C(C)C)c(N)c1=O. The Kier molecular flexibility index (Phi) is 3.34. The second-order valence-corrected chi connectivity index (χ2v) is 5.58. The van der Waals surface area contributed by atoms with Crippen LogP contribution in [0.5, 0.6) is 0 Å². The van der Waals surface area contributed by atoms with Crippen LogP contribution in [-0.4, -0.2) is 9.78 Å². The molecule has 0 saturated carbocycles. The Morgan fingerprint density at radius 3 is 2.56 bits per heavy atom. The minimum atomic E-state index is -0.191. The lowest BCUT2D eigenvalue weighted by molar-refractivity contribution is 0.758. The Morgan fingerprint density at radius 1 is 1.39 bits per heavy atom. The van der Waals surface area contributed by atoms with E-state index in [4.69, 9.17) is 5.73 Å². The van der Waals surface area contributed by atoms with E-state index in [2.05, 4.69) is 21.0 Å². The molecule has 1 aromatic carbocycles. The van der Waals surface area contributed by atoms with Gasteiger partial charge in [-0.2, -0.15) is 0 Å². The third-order valence-corrected chi connectivity index (χ3v) is 3.43. The number of hydrogen-bond acceptors (Lipinski definition) is 2. The van der Waals surface area contributed by atoms with Crippen molar-refractivity contribution < 1.29 is 0 Å².